The standard InChI is InChI=1S/C18H24N4O2/c1-14-17(15(2)24-20-14)3-4-18(23)22-11-9-21(10-12-22)13-16-5-7-19-8-6-16/h5-8H,3-4,9-13H2,1-2H3. The van der Waals surface area contributed by atoms with Crippen molar-refractivity contribution < 1.29 is 9.32 Å². The molecule has 6 heteroatoms. The smallest absolute Gasteiger partial charge is 0.222 e. The third kappa shape index (κ3) is 4.00. The number of aromatic nitrogens is 2. The molecule has 0 atom stereocenters. The molecule has 0 bridgehead atoms. The van der Waals surface area contributed by atoms with E-state index in [0.29, 0.717) is 12.8 Å². The summed E-state index contributed by atoms with van der Waals surface area (Å²) in [6, 6.07) is 4.09. The van der Waals surface area contributed by atoms with Gasteiger partial charge in [-0.2, -0.15) is 0 Å². The number of hydrogen-bond acceptors (Lipinski definition) is 5. The largest absolute Gasteiger partial charge is 0.361 e. The van der Waals surface area contributed by atoms with E-state index in [4.69, 9.17) is 4.52 Å². The highest BCUT2D eigenvalue weighted by molar-refractivity contribution is 5.76. The Labute approximate surface area is 142 Å². The lowest BCUT2D eigenvalue weighted by molar-refractivity contribution is -0.133. The Bertz CT molecular complexity index is 656. The molecule has 3 heterocycles. The van der Waals surface area contributed by atoms with Crippen molar-refractivity contribution in [3.8, 4) is 0 Å². The summed E-state index contributed by atoms with van der Waals surface area (Å²) in [5, 5.41) is 3.95. The summed E-state index contributed by atoms with van der Waals surface area (Å²) in [7, 11) is 0. The van der Waals surface area contributed by atoms with E-state index in [0.717, 1.165) is 49.7 Å². The summed E-state index contributed by atoms with van der Waals surface area (Å²) < 4.78 is 5.16. The van der Waals surface area contributed by atoms with Gasteiger partial charge in [-0.05, 0) is 38.0 Å². The van der Waals surface area contributed by atoms with Crippen molar-refractivity contribution in [2.75, 3.05) is 26.2 Å². The second kappa shape index (κ2) is 7.57. The van der Waals surface area contributed by atoms with Crippen LogP contribution < -0.4 is 0 Å². The fourth-order valence-corrected chi connectivity index (χ4v) is 3.15. The van der Waals surface area contributed by atoms with Crippen molar-refractivity contribution in [2.24, 2.45) is 0 Å². The molecule has 2 aromatic heterocycles. The molecule has 1 amide bonds. The first-order chi connectivity index (χ1) is 11.6. The second-order valence-electron chi connectivity index (χ2n) is 6.32. The van der Waals surface area contributed by atoms with Crippen molar-refractivity contribution in [3.05, 3.63) is 47.1 Å². The van der Waals surface area contributed by atoms with Gasteiger partial charge in [-0.1, -0.05) is 5.16 Å². The zero-order valence-corrected chi connectivity index (χ0v) is 14.4. The van der Waals surface area contributed by atoms with Crippen LogP contribution in [0.3, 0.4) is 0 Å². The van der Waals surface area contributed by atoms with Crippen LogP contribution in [0.1, 0.15) is 29.0 Å². The molecule has 6 nitrogen and oxygen atoms in total. The molecule has 3 rings (SSSR count). The number of carbonyl (C=O) groups excluding carboxylic acids is 1. The van der Waals surface area contributed by atoms with Crippen molar-refractivity contribution in [2.45, 2.75) is 33.2 Å². The lowest BCUT2D eigenvalue weighted by Crippen LogP contribution is -2.48. The summed E-state index contributed by atoms with van der Waals surface area (Å²) in [5.41, 5.74) is 3.23. The maximum absolute atomic E-state index is 12.4. The van der Waals surface area contributed by atoms with Crippen LogP contribution in [0.5, 0.6) is 0 Å². The third-order valence-corrected chi connectivity index (χ3v) is 4.65. The molecule has 0 spiro atoms. The number of piperazine rings is 1. The third-order valence-electron chi connectivity index (χ3n) is 4.65. The summed E-state index contributed by atoms with van der Waals surface area (Å²) in [4.78, 5) is 20.8. The molecule has 0 N–H and O–H groups in total. The maximum atomic E-state index is 12.4. The van der Waals surface area contributed by atoms with Gasteiger partial charge in [-0.25, -0.2) is 0 Å². The van der Waals surface area contributed by atoms with Gasteiger partial charge < -0.3 is 9.42 Å². The Balaban J connectivity index is 1.45. The van der Waals surface area contributed by atoms with Gasteiger partial charge >= 0.3 is 0 Å². The number of aryl methyl sites for hydroxylation is 2. The molecule has 0 unspecified atom stereocenters. The molecule has 0 aromatic carbocycles. The summed E-state index contributed by atoms with van der Waals surface area (Å²) in [5.74, 6) is 1.04. The Morgan fingerprint density at radius 3 is 2.50 bits per heavy atom. The number of carbonyl (C=O) groups is 1. The first kappa shape index (κ1) is 16.6. The second-order valence-corrected chi connectivity index (χ2v) is 6.32. The number of hydrogen-bond donors (Lipinski definition) is 0. The van der Waals surface area contributed by atoms with E-state index < -0.39 is 0 Å². The SMILES string of the molecule is Cc1noc(C)c1CCC(=O)N1CCN(Cc2ccncc2)CC1. The van der Waals surface area contributed by atoms with E-state index in [1.165, 1.54) is 5.56 Å². The van der Waals surface area contributed by atoms with Gasteiger partial charge in [-0.15, -0.1) is 0 Å². The lowest BCUT2D eigenvalue weighted by Gasteiger charge is -2.34. The Hall–Kier alpha value is -2.21. The lowest BCUT2D eigenvalue weighted by atomic mass is 10.1. The van der Waals surface area contributed by atoms with Gasteiger partial charge in [0, 0.05) is 57.1 Å². The molecule has 0 saturated carbocycles. The molecular weight excluding hydrogens is 304 g/mol. The maximum Gasteiger partial charge on any atom is 0.222 e. The fraction of sp³-hybridized carbons (Fsp3) is 0.500. The normalized spacial score (nSPS) is 15.7. The van der Waals surface area contributed by atoms with E-state index in [-0.39, 0.29) is 5.91 Å². The minimum atomic E-state index is 0.221. The van der Waals surface area contributed by atoms with Crippen LogP contribution in [0.4, 0.5) is 0 Å². The summed E-state index contributed by atoms with van der Waals surface area (Å²) in [6.45, 7) is 8.17. The fourth-order valence-electron chi connectivity index (χ4n) is 3.15. The quantitative estimate of drug-likeness (QED) is 0.840. The molecule has 1 fully saturated rings. The van der Waals surface area contributed by atoms with Crippen LogP contribution in [-0.2, 0) is 17.8 Å². The highest BCUT2D eigenvalue weighted by Crippen LogP contribution is 2.16. The van der Waals surface area contributed by atoms with Gasteiger partial charge in [0.25, 0.3) is 0 Å². The predicted molar refractivity (Wildman–Crippen MR) is 90.4 cm³/mol. The zero-order chi connectivity index (χ0) is 16.9. The first-order valence-electron chi connectivity index (χ1n) is 8.44. The molecule has 0 aliphatic carbocycles. The highest BCUT2D eigenvalue weighted by atomic mass is 16.5. The average Bonchev–Trinajstić information content (AvgIpc) is 2.92. The molecule has 1 saturated heterocycles. The molecular formula is C18H24N4O2. The van der Waals surface area contributed by atoms with Crippen LogP contribution in [0.15, 0.2) is 29.0 Å². The van der Waals surface area contributed by atoms with Gasteiger partial charge in [-0.3, -0.25) is 14.7 Å². The Kier molecular flexibility index (Phi) is 5.25. The van der Waals surface area contributed by atoms with Crippen LogP contribution in [0.25, 0.3) is 0 Å². The van der Waals surface area contributed by atoms with E-state index >= 15 is 0 Å². The van der Waals surface area contributed by atoms with Crippen molar-refractivity contribution in [1.29, 1.82) is 0 Å². The van der Waals surface area contributed by atoms with Crippen molar-refractivity contribution in [1.82, 2.24) is 19.9 Å². The number of rotatable bonds is 5. The van der Waals surface area contributed by atoms with Crippen LogP contribution in [0, 0.1) is 13.8 Å². The first-order valence-corrected chi connectivity index (χ1v) is 8.44. The van der Waals surface area contributed by atoms with Crippen molar-refractivity contribution >= 4 is 5.91 Å². The molecule has 0 radical (unpaired) electrons. The van der Waals surface area contributed by atoms with Gasteiger partial charge in [0.05, 0.1) is 5.69 Å². The number of amides is 1. The summed E-state index contributed by atoms with van der Waals surface area (Å²) in [6.07, 6.45) is 4.87. The molecule has 1 aliphatic rings. The topological polar surface area (TPSA) is 62.5 Å². The van der Waals surface area contributed by atoms with Gasteiger partial charge in [0.1, 0.15) is 5.76 Å². The van der Waals surface area contributed by atoms with E-state index in [1.54, 1.807) is 0 Å². The van der Waals surface area contributed by atoms with Gasteiger partial charge in [0.15, 0.2) is 0 Å². The predicted octanol–water partition coefficient (Wildman–Crippen LogP) is 1.96. The molecule has 1 aliphatic heterocycles. The minimum Gasteiger partial charge on any atom is -0.361 e. The molecule has 128 valence electrons. The number of nitrogens with zero attached hydrogens (tertiary/aromatic N) is 4. The minimum absolute atomic E-state index is 0.221. The molecule has 24 heavy (non-hydrogen) atoms. The van der Waals surface area contributed by atoms with Gasteiger partial charge in [0.2, 0.25) is 5.91 Å². The highest BCUT2D eigenvalue weighted by Gasteiger charge is 2.21. The number of pyridine rings is 1. The van der Waals surface area contributed by atoms with E-state index in [9.17, 15) is 4.79 Å². The van der Waals surface area contributed by atoms with E-state index in [2.05, 4.69) is 15.0 Å². The Morgan fingerprint density at radius 2 is 1.88 bits per heavy atom. The average molecular weight is 328 g/mol. The zero-order valence-electron chi connectivity index (χ0n) is 14.4. The monoisotopic (exact) mass is 328 g/mol. The van der Waals surface area contributed by atoms with E-state index in [1.807, 2.05) is 43.3 Å². The van der Waals surface area contributed by atoms with Crippen LogP contribution in [-0.4, -0.2) is 52.0 Å². The molecule has 2 aromatic rings. The van der Waals surface area contributed by atoms with Crippen LogP contribution in [0.2, 0.25) is 0 Å². The van der Waals surface area contributed by atoms with Crippen LogP contribution >= 0.6 is 0 Å². The Morgan fingerprint density at radius 1 is 1.17 bits per heavy atom. The summed E-state index contributed by atoms with van der Waals surface area (Å²) >= 11 is 0. The van der Waals surface area contributed by atoms with Crippen molar-refractivity contribution in [3.63, 3.8) is 0 Å².